The summed E-state index contributed by atoms with van der Waals surface area (Å²) in [7, 11) is 3.08. The predicted octanol–water partition coefficient (Wildman–Crippen LogP) is 4.84. The fraction of sp³-hybridized carbons (Fsp3) is 0.238. The largest absolute Gasteiger partial charge is 0.493 e. The van der Waals surface area contributed by atoms with Crippen LogP contribution in [0, 0.1) is 6.92 Å². The summed E-state index contributed by atoms with van der Waals surface area (Å²) in [6.07, 6.45) is -1.000. The summed E-state index contributed by atoms with van der Waals surface area (Å²) in [4.78, 5) is 8.77. The van der Waals surface area contributed by atoms with Gasteiger partial charge in [0.1, 0.15) is 5.82 Å². The Labute approximate surface area is 170 Å². The summed E-state index contributed by atoms with van der Waals surface area (Å²) in [5.41, 5.74) is 0.847. The average Bonchev–Trinajstić information content (AvgIpc) is 3.19. The molecule has 2 aromatic heterocycles. The van der Waals surface area contributed by atoms with E-state index in [0.717, 1.165) is 17.0 Å². The molecule has 6 nitrogen and oxygen atoms in total. The molecule has 0 spiro atoms. The second kappa shape index (κ2) is 7.40. The number of methoxy groups -OCH3 is 2. The number of fused-ring (bicyclic) bond motifs is 3. The zero-order chi connectivity index (χ0) is 21.5. The number of halogens is 3. The molecule has 0 unspecified atom stereocenters. The minimum absolute atomic E-state index is 0.170. The predicted molar refractivity (Wildman–Crippen MR) is 107 cm³/mol. The molecule has 0 aliphatic heterocycles. The molecule has 0 atom stereocenters. The lowest BCUT2D eigenvalue weighted by Gasteiger charge is -2.16. The molecule has 1 N–H and O–H groups in total. The van der Waals surface area contributed by atoms with Crippen LogP contribution in [0.5, 0.6) is 11.5 Å². The number of hydrogen-bond donors (Lipinski definition) is 1. The second-order valence-electron chi connectivity index (χ2n) is 6.72. The number of ether oxygens (including phenoxy) is 2. The quantitative estimate of drug-likeness (QED) is 0.505. The van der Waals surface area contributed by atoms with Gasteiger partial charge >= 0.3 is 6.18 Å². The Hall–Kier alpha value is -3.49. The van der Waals surface area contributed by atoms with E-state index in [4.69, 9.17) is 9.47 Å². The zero-order valence-electron chi connectivity index (χ0n) is 16.5. The second-order valence-corrected chi connectivity index (χ2v) is 6.72. The van der Waals surface area contributed by atoms with Gasteiger partial charge in [-0.2, -0.15) is 18.2 Å². The summed E-state index contributed by atoms with van der Waals surface area (Å²) in [5.74, 6) is 2.01. The summed E-state index contributed by atoms with van der Waals surface area (Å²) >= 11 is 0. The minimum Gasteiger partial charge on any atom is -0.493 e. The summed E-state index contributed by atoms with van der Waals surface area (Å²) < 4.78 is 52.3. The van der Waals surface area contributed by atoms with Gasteiger partial charge in [0.05, 0.1) is 25.3 Å². The molecule has 156 valence electrons. The third-order valence-electron chi connectivity index (χ3n) is 5.05. The number of aromatic nitrogens is 3. The average molecular weight is 416 g/mol. The first-order valence-corrected chi connectivity index (χ1v) is 9.12. The Morgan fingerprint density at radius 1 is 1.10 bits per heavy atom. The molecule has 0 saturated carbocycles. The molecule has 4 rings (SSSR count). The van der Waals surface area contributed by atoms with Crippen molar-refractivity contribution in [2.45, 2.75) is 19.6 Å². The van der Waals surface area contributed by atoms with Crippen LogP contribution in [0.25, 0.3) is 16.7 Å². The molecule has 0 fully saturated rings. The highest BCUT2D eigenvalue weighted by atomic mass is 19.4. The maximum absolute atomic E-state index is 13.2. The maximum atomic E-state index is 13.2. The van der Waals surface area contributed by atoms with Crippen molar-refractivity contribution < 1.29 is 22.6 Å². The maximum Gasteiger partial charge on any atom is 0.416 e. The minimum atomic E-state index is -4.40. The number of nitrogens with zero attached hydrogens (tertiary/aromatic N) is 3. The Morgan fingerprint density at radius 2 is 1.83 bits per heavy atom. The van der Waals surface area contributed by atoms with E-state index >= 15 is 0 Å². The number of benzene rings is 2. The SMILES string of the molecule is COc1cc2c(NCc3cccc(C(F)(F)F)c3C)nc3nccn3c2cc1OC. The van der Waals surface area contributed by atoms with Gasteiger partial charge in [-0.1, -0.05) is 12.1 Å². The fourth-order valence-electron chi connectivity index (χ4n) is 3.48. The van der Waals surface area contributed by atoms with Crippen LogP contribution < -0.4 is 14.8 Å². The molecular weight excluding hydrogens is 397 g/mol. The molecule has 30 heavy (non-hydrogen) atoms. The van der Waals surface area contributed by atoms with E-state index in [1.165, 1.54) is 20.1 Å². The van der Waals surface area contributed by atoms with E-state index in [-0.39, 0.29) is 12.1 Å². The van der Waals surface area contributed by atoms with E-state index in [9.17, 15) is 13.2 Å². The van der Waals surface area contributed by atoms with Crippen LogP contribution in [0.2, 0.25) is 0 Å². The first-order valence-electron chi connectivity index (χ1n) is 9.12. The van der Waals surface area contributed by atoms with E-state index in [1.54, 1.807) is 36.0 Å². The van der Waals surface area contributed by atoms with E-state index in [0.29, 0.717) is 28.7 Å². The summed E-state index contributed by atoms with van der Waals surface area (Å²) in [5, 5.41) is 3.89. The van der Waals surface area contributed by atoms with Crippen LogP contribution in [-0.4, -0.2) is 28.6 Å². The van der Waals surface area contributed by atoms with Crippen molar-refractivity contribution >= 4 is 22.5 Å². The third-order valence-corrected chi connectivity index (χ3v) is 5.05. The van der Waals surface area contributed by atoms with Gasteiger partial charge in [0.15, 0.2) is 11.5 Å². The standard InChI is InChI=1S/C21H19F3N4O2/c1-12-13(5-4-6-15(12)21(22,23)24)11-26-19-14-9-17(29-2)18(30-3)10-16(14)28-8-7-25-20(28)27-19/h4-10H,11H2,1-3H3,(H,25,26,27). The van der Waals surface area contributed by atoms with Crippen molar-refractivity contribution in [1.82, 2.24) is 14.4 Å². The monoisotopic (exact) mass is 416 g/mol. The van der Waals surface area contributed by atoms with Gasteiger partial charge in [-0.05, 0) is 30.2 Å². The Kier molecular flexibility index (Phi) is 4.89. The first-order chi connectivity index (χ1) is 14.3. The van der Waals surface area contributed by atoms with E-state index in [2.05, 4.69) is 15.3 Å². The van der Waals surface area contributed by atoms with Crippen molar-refractivity contribution in [2.75, 3.05) is 19.5 Å². The molecule has 0 bridgehead atoms. The molecule has 0 aliphatic rings. The van der Waals surface area contributed by atoms with Crippen LogP contribution >= 0.6 is 0 Å². The van der Waals surface area contributed by atoms with Crippen molar-refractivity contribution in [3.8, 4) is 11.5 Å². The van der Waals surface area contributed by atoms with Crippen LogP contribution in [0.1, 0.15) is 16.7 Å². The number of nitrogens with one attached hydrogen (secondary N) is 1. The van der Waals surface area contributed by atoms with E-state index in [1.807, 2.05) is 6.07 Å². The summed E-state index contributed by atoms with van der Waals surface area (Å²) in [6, 6.07) is 7.74. The lowest BCUT2D eigenvalue weighted by atomic mass is 10.0. The number of anilines is 1. The molecule has 9 heteroatoms. The van der Waals surface area contributed by atoms with Crippen LogP contribution in [0.15, 0.2) is 42.7 Å². The topological polar surface area (TPSA) is 60.7 Å². The van der Waals surface area contributed by atoms with Gasteiger partial charge in [0.2, 0.25) is 5.78 Å². The number of alkyl halides is 3. The van der Waals surface area contributed by atoms with Gasteiger partial charge in [-0.15, -0.1) is 0 Å². The van der Waals surface area contributed by atoms with Crippen molar-refractivity contribution in [2.24, 2.45) is 0 Å². The highest BCUT2D eigenvalue weighted by molar-refractivity contribution is 5.93. The Balaban J connectivity index is 1.79. The van der Waals surface area contributed by atoms with Gasteiger partial charge in [-0.3, -0.25) is 4.40 Å². The molecule has 2 aromatic carbocycles. The van der Waals surface area contributed by atoms with Crippen LogP contribution in [-0.2, 0) is 12.7 Å². The lowest BCUT2D eigenvalue weighted by Crippen LogP contribution is -2.11. The van der Waals surface area contributed by atoms with Crippen molar-refractivity contribution in [3.63, 3.8) is 0 Å². The van der Waals surface area contributed by atoms with Gasteiger partial charge in [0, 0.05) is 30.4 Å². The first kappa shape index (κ1) is 19.8. The van der Waals surface area contributed by atoms with Crippen molar-refractivity contribution in [3.05, 3.63) is 59.4 Å². The third kappa shape index (κ3) is 3.36. The molecule has 0 saturated heterocycles. The lowest BCUT2D eigenvalue weighted by molar-refractivity contribution is -0.138. The van der Waals surface area contributed by atoms with E-state index < -0.39 is 11.7 Å². The Bertz CT molecular complexity index is 1230. The van der Waals surface area contributed by atoms with Crippen LogP contribution in [0.3, 0.4) is 0 Å². The van der Waals surface area contributed by atoms with Crippen LogP contribution in [0.4, 0.5) is 19.0 Å². The highest BCUT2D eigenvalue weighted by Gasteiger charge is 2.32. The number of rotatable bonds is 5. The molecular formula is C21H19F3N4O2. The van der Waals surface area contributed by atoms with Gasteiger partial charge in [0.25, 0.3) is 0 Å². The molecule has 0 aliphatic carbocycles. The summed E-state index contributed by atoms with van der Waals surface area (Å²) in [6.45, 7) is 1.64. The van der Waals surface area contributed by atoms with Crippen molar-refractivity contribution in [1.29, 1.82) is 0 Å². The molecule has 0 radical (unpaired) electrons. The molecule has 2 heterocycles. The number of imidazole rings is 1. The smallest absolute Gasteiger partial charge is 0.416 e. The highest BCUT2D eigenvalue weighted by Crippen LogP contribution is 2.36. The fourth-order valence-corrected chi connectivity index (χ4v) is 3.48. The Morgan fingerprint density at radius 3 is 2.53 bits per heavy atom. The number of hydrogen-bond acceptors (Lipinski definition) is 5. The van der Waals surface area contributed by atoms with Gasteiger partial charge < -0.3 is 14.8 Å². The molecule has 0 amide bonds. The molecule has 4 aromatic rings. The van der Waals surface area contributed by atoms with Gasteiger partial charge in [-0.25, -0.2) is 4.98 Å². The normalized spacial score (nSPS) is 11.8. The zero-order valence-corrected chi connectivity index (χ0v) is 16.5.